The largest absolute Gasteiger partial charge is 0.371 e. The molecule has 0 radical (unpaired) electrons. The Morgan fingerprint density at radius 1 is 1.21 bits per heavy atom. The van der Waals surface area contributed by atoms with Crippen LogP contribution in [0.25, 0.3) is 10.1 Å². The summed E-state index contributed by atoms with van der Waals surface area (Å²) in [5, 5.41) is 3.52. The van der Waals surface area contributed by atoms with Gasteiger partial charge in [-0.15, -0.1) is 11.3 Å². The second kappa shape index (κ2) is 7.83. The van der Waals surface area contributed by atoms with Crippen LogP contribution in [0.5, 0.6) is 0 Å². The quantitative estimate of drug-likeness (QED) is 0.685. The first-order valence-corrected chi connectivity index (χ1v) is 11.3. The smallest absolute Gasteiger partial charge is 0.261 e. The van der Waals surface area contributed by atoms with E-state index in [4.69, 9.17) is 4.74 Å². The van der Waals surface area contributed by atoms with E-state index in [2.05, 4.69) is 5.32 Å². The van der Waals surface area contributed by atoms with Gasteiger partial charge in [-0.05, 0) is 35.7 Å². The second-order valence-corrected chi connectivity index (χ2v) is 9.59. The Bertz CT molecular complexity index is 1160. The van der Waals surface area contributed by atoms with E-state index in [1.807, 2.05) is 24.3 Å². The van der Waals surface area contributed by atoms with Crippen molar-refractivity contribution in [1.82, 2.24) is 9.62 Å². The van der Waals surface area contributed by atoms with E-state index in [-0.39, 0.29) is 30.5 Å². The summed E-state index contributed by atoms with van der Waals surface area (Å²) in [4.78, 5) is 13.0. The first kappa shape index (κ1) is 20.0. The van der Waals surface area contributed by atoms with Gasteiger partial charge in [-0.25, -0.2) is 12.8 Å². The van der Waals surface area contributed by atoms with Gasteiger partial charge >= 0.3 is 0 Å². The third kappa shape index (κ3) is 3.66. The highest BCUT2D eigenvalue weighted by molar-refractivity contribution is 7.89. The molecule has 1 fully saturated rings. The van der Waals surface area contributed by atoms with Crippen molar-refractivity contribution in [3.63, 3.8) is 0 Å². The molecule has 6 nitrogen and oxygen atoms in total. The van der Waals surface area contributed by atoms with Gasteiger partial charge in [0.1, 0.15) is 5.82 Å². The molecule has 3 aromatic rings. The van der Waals surface area contributed by atoms with Gasteiger partial charge in [0, 0.05) is 30.4 Å². The number of carbonyl (C=O) groups is 1. The number of morpholine rings is 1. The monoisotopic (exact) mass is 434 g/mol. The predicted molar refractivity (Wildman–Crippen MR) is 109 cm³/mol. The maximum Gasteiger partial charge on any atom is 0.261 e. The summed E-state index contributed by atoms with van der Waals surface area (Å²) in [6.45, 7) is 0.459. The van der Waals surface area contributed by atoms with Crippen LogP contribution in [0.3, 0.4) is 0 Å². The fourth-order valence-electron chi connectivity index (χ4n) is 3.44. The average molecular weight is 435 g/mol. The van der Waals surface area contributed by atoms with E-state index in [0.717, 1.165) is 22.2 Å². The fourth-order valence-corrected chi connectivity index (χ4v) is 6.07. The average Bonchev–Trinajstić information content (AvgIpc) is 3.13. The molecule has 1 atom stereocenters. The van der Waals surface area contributed by atoms with E-state index < -0.39 is 21.9 Å². The number of halogens is 1. The summed E-state index contributed by atoms with van der Waals surface area (Å²) in [5.41, 5.74) is 0.698. The molecule has 0 unspecified atom stereocenters. The minimum atomic E-state index is -3.81. The van der Waals surface area contributed by atoms with Gasteiger partial charge < -0.3 is 10.1 Å². The molecule has 1 N–H and O–H groups in total. The molecule has 1 amide bonds. The Kier molecular flexibility index (Phi) is 5.39. The van der Waals surface area contributed by atoms with E-state index in [0.29, 0.717) is 10.4 Å². The normalized spacial score (nSPS) is 18.1. The molecule has 29 heavy (non-hydrogen) atoms. The Morgan fingerprint density at radius 2 is 1.93 bits per heavy atom. The van der Waals surface area contributed by atoms with Crippen LogP contribution in [-0.2, 0) is 14.8 Å². The molecule has 0 aliphatic carbocycles. The number of ether oxygens (including phenoxy) is 1. The Morgan fingerprint density at radius 3 is 2.66 bits per heavy atom. The number of hydrogen-bond donors (Lipinski definition) is 1. The lowest BCUT2D eigenvalue weighted by Gasteiger charge is -2.32. The zero-order chi connectivity index (χ0) is 20.6. The first-order valence-electron chi connectivity index (χ1n) is 9.02. The van der Waals surface area contributed by atoms with E-state index in [9.17, 15) is 17.6 Å². The third-order valence-corrected chi connectivity index (χ3v) is 7.93. The fraction of sp³-hybridized carbons (Fsp3) is 0.250. The van der Waals surface area contributed by atoms with Crippen LogP contribution in [-0.4, -0.2) is 45.4 Å². The molecule has 4 rings (SSSR count). The van der Waals surface area contributed by atoms with Crippen molar-refractivity contribution >= 4 is 37.4 Å². The van der Waals surface area contributed by atoms with Crippen molar-refractivity contribution in [1.29, 1.82) is 0 Å². The molecule has 1 aromatic heterocycles. The number of rotatable bonds is 4. The zero-order valence-electron chi connectivity index (χ0n) is 15.6. The SMILES string of the molecule is CNC(=O)c1sc2ccccc2c1[C@@H]1CN(S(=O)(=O)c2ccc(F)cc2)CCO1. The van der Waals surface area contributed by atoms with Crippen molar-refractivity contribution in [3.05, 3.63) is 64.8 Å². The van der Waals surface area contributed by atoms with E-state index >= 15 is 0 Å². The molecule has 1 aliphatic rings. The van der Waals surface area contributed by atoms with Gasteiger partial charge in [0.05, 0.1) is 22.5 Å². The molecule has 9 heteroatoms. The second-order valence-electron chi connectivity index (χ2n) is 6.60. The maximum atomic E-state index is 13.2. The van der Waals surface area contributed by atoms with E-state index in [1.165, 1.54) is 27.8 Å². The molecule has 152 valence electrons. The first-order chi connectivity index (χ1) is 13.9. The topological polar surface area (TPSA) is 75.7 Å². The highest BCUT2D eigenvalue weighted by Gasteiger charge is 2.34. The summed E-state index contributed by atoms with van der Waals surface area (Å²) in [6.07, 6.45) is -0.581. The standard InChI is InChI=1S/C20H19FN2O4S2/c1-22-20(24)19-18(15-4-2-3-5-17(15)28-19)16-12-23(10-11-27-16)29(25,26)14-8-6-13(21)7-9-14/h2-9,16H,10-12H2,1H3,(H,22,24)/t16-/m0/s1. The van der Waals surface area contributed by atoms with Crippen molar-refractivity contribution in [2.24, 2.45) is 0 Å². The minimum Gasteiger partial charge on any atom is -0.371 e. The van der Waals surface area contributed by atoms with Gasteiger partial charge in [0.25, 0.3) is 5.91 Å². The number of amides is 1. The van der Waals surface area contributed by atoms with Crippen molar-refractivity contribution in [2.45, 2.75) is 11.0 Å². The molecule has 1 saturated heterocycles. The van der Waals surface area contributed by atoms with Gasteiger partial charge in [-0.3, -0.25) is 4.79 Å². The van der Waals surface area contributed by atoms with Gasteiger partial charge in [0.2, 0.25) is 10.0 Å². The lowest BCUT2D eigenvalue weighted by Crippen LogP contribution is -2.42. The Labute approximate surface area is 172 Å². The molecule has 0 bridgehead atoms. The number of thiophene rings is 1. The summed E-state index contributed by atoms with van der Waals surface area (Å²) >= 11 is 1.36. The van der Waals surface area contributed by atoms with Crippen molar-refractivity contribution in [3.8, 4) is 0 Å². The van der Waals surface area contributed by atoms with Crippen LogP contribution >= 0.6 is 11.3 Å². The molecule has 2 heterocycles. The number of benzene rings is 2. The third-order valence-electron chi connectivity index (χ3n) is 4.87. The molecular weight excluding hydrogens is 415 g/mol. The minimum absolute atomic E-state index is 0.0289. The number of sulfonamides is 1. The van der Waals surface area contributed by atoms with Crippen LogP contribution in [0.1, 0.15) is 21.3 Å². The van der Waals surface area contributed by atoms with Crippen molar-refractivity contribution in [2.75, 3.05) is 26.7 Å². The summed E-state index contributed by atoms with van der Waals surface area (Å²) < 4.78 is 47.4. The highest BCUT2D eigenvalue weighted by atomic mass is 32.2. The maximum absolute atomic E-state index is 13.2. The van der Waals surface area contributed by atoms with Crippen LogP contribution in [0, 0.1) is 5.82 Å². The number of hydrogen-bond acceptors (Lipinski definition) is 5. The van der Waals surface area contributed by atoms with Crippen LogP contribution in [0.15, 0.2) is 53.4 Å². The zero-order valence-corrected chi connectivity index (χ0v) is 17.2. The van der Waals surface area contributed by atoms with Crippen LogP contribution in [0.2, 0.25) is 0 Å². The molecular formula is C20H19FN2O4S2. The molecule has 2 aromatic carbocycles. The Hall–Kier alpha value is -2.33. The van der Waals surface area contributed by atoms with Gasteiger partial charge in [-0.1, -0.05) is 18.2 Å². The number of nitrogens with one attached hydrogen (secondary N) is 1. The number of fused-ring (bicyclic) bond motifs is 1. The lowest BCUT2D eigenvalue weighted by molar-refractivity contribution is -0.00191. The predicted octanol–water partition coefficient (Wildman–Crippen LogP) is 3.16. The highest BCUT2D eigenvalue weighted by Crippen LogP contribution is 2.38. The van der Waals surface area contributed by atoms with Gasteiger partial charge in [-0.2, -0.15) is 4.31 Å². The Balaban J connectivity index is 1.72. The number of carbonyl (C=O) groups excluding carboxylic acids is 1. The summed E-state index contributed by atoms with van der Waals surface area (Å²) in [6, 6.07) is 12.4. The summed E-state index contributed by atoms with van der Waals surface area (Å²) in [5.74, 6) is -0.730. The number of nitrogens with zero attached hydrogens (tertiary/aromatic N) is 1. The molecule has 0 saturated carbocycles. The molecule has 1 aliphatic heterocycles. The summed E-state index contributed by atoms with van der Waals surface area (Å²) in [7, 11) is -2.25. The van der Waals surface area contributed by atoms with Gasteiger partial charge in [0.15, 0.2) is 0 Å². The van der Waals surface area contributed by atoms with E-state index in [1.54, 1.807) is 7.05 Å². The van der Waals surface area contributed by atoms with Crippen LogP contribution in [0.4, 0.5) is 4.39 Å². The van der Waals surface area contributed by atoms with Crippen molar-refractivity contribution < 1.29 is 22.3 Å². The van der Waals surface area contributed by atoms with Crippen LogP contribution < -0.4 is 5.32 Å². The molecule has 0 spiro atoms. The lowest BCUT2D eigenvalue weighted by atomic mass is 10.0.